The maximum absolute atomic E-state index is 12.1. The van der Waals surface area contributed by atoms with Crippen molar-refractivity contribution in [2.75, 3.05) is 13.1 Å². The summed E-state index contributed by atoms with van der Waals surface area (Å²) in [6, 6.07) is 7.70. The molecule has 7 nitrogen and oxygen atoms in total. The second-order valence-corrected chi connectivity index (χ2v) is 7.55. The molecule has 0 aliphatic carbocycles. The maximum atomic E-state index is 12.1. The number of fused-ring (bicyclic) bond motifs is 2. The molecule has 0 atom stereocenters. The first-order valence-electron chi connectivity index (χ1n) is 11.0. The zero-order valence-corrected chi connectivity index (χ0v) is 19.1. The summed E-state index contributed by atoms with van der Waals surface area (Å²) in [5, 5.41) is 13.5. The van der Waals surface area contributed by atoms with Crippen LogP contribution in [0.15, 0.2) is 41.5 Å². The van der Waals surface area contributed by atoms with E-state index in [4.69, 9.17) is 0 Å². The van der Waals surface area contributed by atoms with Crippen LogP contribution in [0.2, 0.25) is 0 Å². The Kier molecular flexibility index (Phi) is 7.52. The van der Waals surface area contributed by atoms with Crippen LogP contribution in [0, 0.1) is 13.8 Å². The summed E-state index contributed by atoms with van der Waals surface area (Å²) < 4.78 is 3.14. The van der Waals surface area contributed by atoms with Crippen molar-refractivity contribution in [3.05, 3.63) is 58.3 Å². The van der Waals surface area contributed by atoms with E-state index < -0.39 is 0 Å². The highest BCUT2D eigenvalue weighted by Crippen LogP contribution is 2.23. The molecule has 0 radical (unpaired) electrons. The van der Waals surface area contributed by atoms with Crippen molar-refractivity contribution in [2.45, 2.75) is 47.0 Å². The Hall–Kier alpha value is -3.06. The highest BCUT2D eigenvalue weighted by molar-refractivity contribution is 5.85. The van der Waals surface area contributed by atoms with Gasteiger partial charge in [0, 0.05) is 18.0 Å². The minimum atomic E-state index is -0.0983. The van der Waals surface area contributed by atoms with E-state index in [1.807, 2.05) is 58.2 Å². The molecule has 4 heterocycles. The zero-order valence-electron chi connectivity index (χ0n) is 19.1. The predicted molar refractivity (Wildman–Crippen MR) is 127 cm³/mol. The first-order valence-corrected chi connectivity index (χ1v) is 11.0. The van der Waals surface area contributed by atoms with E-state index in [1.54, 1.807) is 17.8 Å². The molecule has 3 aromatic heterocycles. The molecule has 1 aliphatic heterocycles. The molecule has 0 unspecified atom stereocenters. The number of imidazole rings is 1. The lowest BCUT2D eigenvalue weighted by molar-refractivity contribution is 0.520. The SMILES string of the molecule is C1CCNCC1.CC.Cc1cn2nc(-c3ccc4c(=O)n(C)ncc4c3)cc(C)c2n1. The Labute approximate surface area is 183 Å². The van der Waals surface area contributed by atoms with Gasteiger partial charge in [0.15, 0.2) is 5.65 Å². The Morgan fingerprint density at radius 1 is 1.03 bits per heavy atom. The van der Waals surface area contributed by atoms with Gasteiger partial charge in [-0.2, -0.15) is 10.2 Å². The summed E-state index contributed by atoms with van der Waals surface area (Å²) in [5.41, 5.74) is 4.55. The molecular weight excluding hydrogens is 388 g/mol. The van der Waals surface area contributed by atoms with Gasteiger partial charge in [-0.3, -0.25) is 4.79 Å². The fourth-order valence-electron chi connectivity index (χ4n) is 3.59. The van der Waals surface area contributed by atoms with E-state index in [1.165, 1.54) is 37.0 Å². The number of piperidine rings is 1. The topological polar surface area (TPSA) is 77.1 Å². The second kappa shape index (κ2) is 10.3. The average molecular weight is 421 g/mol. The van der Waals surface area contributed by atoms with Crippen molar-refractivity contribution in [1.29, 1.82) is 0 Å². The standard InChI is InChI=1S/C17H15N5O.C5H11N.C2H6/c1-10-6-15(20-22-9-11(2)19-16(10)22)12-4-5-14-13(7-12)8-18-21(3)17(14)23;1-2-4-6-5-3-1;1-2/h4-9H,1-3H3;6H,1-5H2;1-2H3. The van der Waals surface area contributed by atoms with Crippen LogP contribution >= 0.6 is 0 Å². The third-order valence-corrected chi connectivity index (χ3v) is 5.18. The molecule has 5 rings (SSSR count). The fraction of sp³-hybridized carbons (Fsp3) is 0.417. The number of rotatable bonds is 1. The lowest BCUT2D eigenvalue weighted by Crippen LogP contribution is -2.21. The summed E-state index contributed by atoms with van der Waals surface area (Å²) >= 11 is 0. The van der Waals surface area contributed by atoms with Crippen LogP contribution in [0.3, 0.4) is 0 Å². The van der Waals surface area contributed by atoms with Crippen molar-refractivity contribution >= 4 is 16.4 Å². The Balaban J connectivity index is 0.000000291. The van der Waals surface area contributed by atoms with Crippen LogP contribution < -0.4 is 10.9 Å². The molecule has 1 saturated heterocycles. The molecule has 7 heteroatoms. The van der Waals surface area contributed by atoms with Crippen LogP contribution in [0.1, 0.15) is 44.4 Å². The minimum Gasteiger partial charge on any atom is -0.317 e. The van der Waals surface area contributed by atoms with Gasteiger partial charge in [-0.05, 0) is 63.5 Å². The van der Waals surface area contributed by atoms with E-state index in [0.717, 1.165) is 33.5 Å². The molecule has 1 N–H and O–H groups in total. The summed E-state index contributed by atoms with van der Waals surface area (Å²) in [6.07, 6.45) is 7.82. The first kappa shape index (κ1) is 22.6. The number of nitrogens with one attached hydrogen (secondary N) is 1. The normalized spacial score (nSPS) is 13.3. The molecule has 31 heavy (non-hydrogen) atoms. The van der Waals surface area contributed by atoms with Gasteiger partial charge < -0.3 is 5.32 Å². The minimum absolute atomic E-state index is 0.0983. The summed E-state index contributed by atoms with van der Waals surface area (Å²) in [4.78, 5) is 16.5. The Morgan fingerprint density at radius 3 is 2.42 bits per heavy atom. The van der Waals surface area contributed by atoms with E-state index in [-0.39, 0.29) is 5.56 Å². The predicted octanol–water partition coefficient (Wildman–Crippen LogP) is 4.05. The third kappa shape index (κ3) is 5.17. The Bertz CT molecular complexity index is 1210. The summed E-state index contributed by atoms with van der Waals surface area (Å²) in [6.45, 7) is 10.5. The first-order chi connectivity index (χ1) is 15.0. The number of hydrogen-bond donors (Lipinski definition) is 1. The summed E-state index contributed by atoms with van der Waals surface area (Å²) in [7, 11) is 1.65. The van der Waals surface area contributed by atoms with E-state index >= 15 is 0 Å². The van der Waals surface area contributed by atoms with Gasteiger partial charge >= 0.3 is 0 Å². The lowest BCUT2D eigenvalue weighted by atomic mass is 10.1. The molecule has 164 valence electrons. The van der Waals surface area contributed by atoms with Crippen molar-refractivity contribution < 1.29 is 0 Å². The van der Waals surface area contributed by atoms with Crippen molar-refractivity contribution in [3.63, 3.8) is 0 Å². The molecule has 0 saturated carbocycles. The largest absolute Gasteiger partial charge is 0.317 e. The second-order valence-electron chi connectivity index (χ2n) is 7.55. The molecule has 1 fully saturated rings. The van der Waals surface area contributed by atoms with Gasteiger partial charge in [-0.1, -0.05) is 26.3 Å². The summed E-state index contributed by atoms with van der Waals surface area (Å²) in [5.74, 6) is 0. The van der Waals surface area contributed by atoms with Crippen molar-refractivity contribution in [3.8, 4) is 11.3 Å². The average Bonchev–Trinajstić information content (AvgIpc) is 3.20. The number of benzene rings is 1. The third-order valence-electron chi connectivity index (χ3n) is 5.18. The van der Waals surface area contributed by atoms with Gasteiger partial charge in [0.1, 0.15) is 0 Å². The van der Waals surface area contributed by atoms with Crippen LogP contribution in [-0.2, 0) is 7.05 Å². The van der Waals surface area contributed by atoms with E-state index in [9.17, 15) is 4.79 Å². The number of aryl methyl sites for hydroxylation is 3. The highest BCUT2D eigenvalue weighted by Gasteiger charge is 2.09. The molecule has 0 spiro atoms. The van der Waals surface area contributed by atoms with Gasteiger partial charge in [0.2, 0.25) is 0 Å². The molecule has 1 aromatic carbocycles. The van der Waals surface area contributed by atoms with Crippen molar-refractivity contribution in [2.24, 2.45) is 7.05 Å². The van der Waals surface area contributed by atoms with Crippen molar-refractivity contribution in [1.82, 2.24) is 29.7 Å². The van der Waals surface area contributed by atoms with Gasteiger partial charge in [0.05, 0.1) is 29.2 Å². The maximum Gasteiger partial charge on any atom is 0.274 e. The van der Waals surface area contributed by atoms with E-state index in [2.05, 4.69) is 20.5 Å². The molecular formula is C24H32N6O. The monoisotopic (exact) mass is 420 g/mol. The van der Waals surface area contributed by atoms with Gasteiger partial charge in [-0.15, -0.1) is 0 Å². The van der Waals surface area contributed by atoms with E-state index in [0.29, 0.717) is 5.39 Å². The lowest BCUT2D eigenvalue weighted by Gasteiger charge is -2.08. The number of aromatic nitrogens is 5. The van der Waals surface area contributed by atoms with Gasteiger partial charge in [0.25, 0.3) is 5.56 Å². The van der Waals surface area contributed by atoms with Crippen LogP contribution in [0.25, 0.3) is 27.7 Å². The molecule has 4 aromatic rings. The molecule has 0 bridgehead atoms. The highest BCUT2D eigenvalue weighted by atomic mass is 16.1. The quantitative estimate of drug-likeness (QED) is 0.503. The molecule has 0 amide bonds. The smallest absolute Gasteiger partial charge is 0.274 e. The number of hydrogen-bond acceptors (Lipinski definition) is 5. The Morgan fingerprint density at radius 2 is 1.77 bits per heavy atom. The van der Waals surface area contributed by atoms with Crippen LogP contribution in [-0.4, -0.2) is 37.5 Å². The number of nitrogens with zero attached hydrogens (tertiary/aromatic N) is 5. The van der Waals surface area contributed by atoms with Gasteiger partial charge in [-0.25, -0.2) is 14.2 Å². The fourth-order valence-corrected chi connectivity index (χ4v) is 3.59. The van der Waals surface area contributed by atoms with Crippen LogP contribution in [0.5, 0.6) is 0 Å². The zero-order chi connectivity index (χ0) is 22.4. The molecule has 1 aliphatic rings. The van der Waals surface area contributed by atoms with Crippen LogP contribution in [0.4, 0.5) is 0 Å².